The number of hydrogen-bond acceptors (Lipinski definition) is 3. The molecule has 0 aliphatic carbocycles. The number of unbranched alkanes of at least 4 members (excludes halogenated alkanes) is 1. The van der Waals surface area contributed by atoms with Crippen molar-refractivity contribution in [2.24, 2.45) is 0 Å². The number of nitrogens with zero attached hydrogens (tertiary/aromatic N) is 2. The quantitative estimate of drug-likeness (QED) is 0.699. The number of rotatable bonds is 9. The lowest BCUT2D eigenvalue weighted by molar-refractivity contribution is -0.133. The van der Waals surface area contributed by atoms with Gasteiger partial charge in [0.25, 0.3) is 0 Å². The van der Waals surface area contributed by atoms with Gasteiger partial charge in [-0.05, 0) is 19.8 Å². The summed E-state index contributed by atoms with van der Waals surface area (Å²) in [6.07, 6.45) is 7.84. The first-order valence-corrected chi connectivity index (χ1v) is 7.97. The average Bonchev–Trinajstić information content (AvgIpc) is 2.73. The van der Waals surface area contributed by atoms with Crippen molar-refractivity contribution in [2.75, 3.05) is 5.75 Å². The molecule has 1 aromatic heterocycles. The Balaban J connectivity index is 2.84. The zero-order valence-electron chi connectivity index (χ0n) is 12.1. The zero-order valence-corrected chi connectivity index (χ0v) is 12.9. The third kappa shape index (κ3) is 5.27. The molecule has 1 unspecified atom stereocenters. The average molecular weight is 284 g/mol. The van der Waals surface area contributed by atoms with Gasteiger partial charge in [0.05, 0.1) is 11.4 Å². The van der Waals surface area contributed by atoms with Crippen LogP contribution in [-0.4, -0.2) is 26.4 Å². The van der Waals surface area contributed by atoms with Gasteiger partial charge in [-0.1, -0.05) is 44.9 Å². The Labute approximate surface area is 119 Å². The topological polar surface area (TPSA) is 55.1 Å². The molecule has 5 heteroatoms. The van der Waals surface area contributed by atoms with E-state index in [0.717, 1.165) is 30.1 Å². The highest BCUT2D eigenvalue weighted by Gasteiger charge is 2.16. The van der Waals surface area contributed by atoms with Crippen molar-refractivity contribution in [3.63, 3.8) is 0 Å². The maximum absolute atomic E-state index is 10.7. The summed E-state index contributed by atoms with van der Waals surface area (Å²) in [5, 5.41) is 9.64. The third-order valence-electron chi connectivity index (χ3n) is 3.05. The fraction of sp³-hybridized carbons (Fsp3) is 0.714. The number of aryl methyl sites for hydroxylation is 1. The van der Waals surface area contributed by atoms with Crippen LogP contribution in [0.2, 0.25) is 0 Å². The van der Waals surface area contributed by atoms with Crippen LogP contribution in [0.25, 0.3) is 0 Å². The van der Waals surface area contributed by atoms with Gasteiger partial charge in [0.2, 0.25) is 0 Å². The van der Waals surface area contributed by atoms with E-state index < -0.39 is 5.97 Å². The molecule has 1 rings (SSSR count). The summed E-state index contributed by atoms with van der Waals surface area (Å²) in [5.74, 6) is -0.721. The van der Waals surface area contributed by atoms with E-state index in [1.165, 1.54) is 24.6 Å². The summed E-state index contributed by atoms with van der Waals surface area (Å²) in [7, 11) is 0. The summed E-state index contributed by atoms with van der Waals surface area (Å²) in [6.45, 7) is 6.35. The molecule has 1 N–H and O–H groups in total. The second kappa shape index (κ2) is 8.25. The van der Waals surface area contributed by atoms with E-state index in [1.807, 2.05) is 6.92 Å². The highest BCUT2D eigenvalue weighted by Crippen LogP contribution is 2.28. The molecule has 0 spiro atoms. The minimum absolute atomic E-state index is 0.0725. The van der Waals surface area contributed by atoms with Crippen LogP contribution in [0.5, 0.6) is 0 Å². The Bertz CT molecular complexity index is 404. The molecule has 0 bridgehead atoms. The SMILES string of the molecule is CCCCC(CCC)n1cc(C)nc1SCC(=O)O. The van der Waals surface area contributed by atoms with Gasteiger partial charge in [-0.25, -0.2) is 4.98 Å². The fourth-order valence-electron chi connectivity index (χ4n) is 2.18. The van der Waals surface area contributed by atoms with E-state index >= 15 is 0 Å². The maximum Gasteiger partial charge on any atom is 0.313 e. The molecule has 0 aromatic carbocycles. The van der Waals surface area contributed by atoms with Gasteiger partial charge in [-0.15, -0.1) is 0 Å². The molecule has 19 heavy (non-hydrogen) atoms. The summed E-state index contributed by atoms with van der Waals surface area (Å²) in [4.78, 5) is 15.2. The van der Waals surface area contributed by atoms with Crippen molar-refractivity contribution in [3.8, 4) is 0 Å². The van der Waals surface area contributed by atoms with Crippen molar-refractivity contribution in [1.29, 1.82) is 0 Å². The lowest BCUT2D eigenvalue weighted by atomic mass is 10.1. The summed E-state index contributed by atoms with van der Waals surface area (Å²) in [6, 6.07) is 0.447. The second-order valence-corrected chi connectivity index (χ2v) is 5.78. The molecular formula is C14H24N2O2S. The van der Waals surface area contributed by atoms with E-state index in [-0.39, 0.29) is 5.75 Å². The number of imidazole rings is 1. The number of aromatic nitrogens is 2. The molecule has 0 saturated carbocycles. The molecule has 1 atom stereocenters. The van der Waals surface area contributed by atoms with Crippen LogP contribution in [0.15, 0.2) is 11.4 Å². The number of aliphatic carboxylic acids is 1. The second-order valence-electron chi connectivity index (χ2n) is 4.84. The maximum atomic E-state index is 10.7. The summed E-state index contributed by atoms with van der Waals surface area (Å²) in [5.41, 5.74) is 0.963. The van der Waals surface area contributed by atoms with Gasteiger partial charge in [-0.3, -0.25) is 4.79 Å². The van der Waals surface area contributed by atoms with Crippen molar-refractivity contribution < 1.29 is 9.90 Å². The van der Waals surface area contributed by atoms with Crippen molar-refractivity contribution in [3.05, 3.63) is 11.9 Å². The first-order chi connectivity index (χ1) is 9.08. The van der Waals surface area contributed by atoms with Gasteiger partial charge < -0.3 is 9.67 Å². The number of carboxylic acid groups (broad SMARTS) is 1. The molecule has 0 aliphatic rings. The first-order valence-electron chi connectivity index (χ1n) is 6.98. The molecule has 0 radical (unpaired) electrons. The predicted molar refractivity (Wildman–Crippen MR) is 78.8 cm³/mol. The van der Waals surface area contributed by atoms with Gasteiger partial charge in [0, 0.05) is 12.2 Å². The number of thioether (sulfide) groups is 1. The molecule has 0 amide bonds. The van der Waals surface area contributed by atoms with E-state index in [4.69, 9.17) is 5.11 Å². The van der Waals surface area contributed by atoms with E-state index in [1.54, 1.807) is 0 Å². The van der Waals surface area contributed by atoms with Crippen LogP contribution in [-0.2, 0) is 4.79 Å². The smallest absolute Gasteiger partial charge is 0.313 e. The minimum atomic E-state index is -0.794. The lowest BCUT2D eigenvalue weighted by Crippen LogP contribution is -2.10. The Morgan fingerprint density at radius 1 is 1.42 bits per heavy atom. The molecule has 0 saturated heterocycles. The summed E-state index contributed by atoms with van der Waals surface area (Å²) >= 11 is 1.32. The third-order valence-corrected chi connectivity index (χ3v) is 4.00. The molecule has 0 aliphatic heterocycles. The molecule has 1 heterocycles. The zero-order chi connectivity index (χ0) is 14.3. The van der Waals surface area contributed by atoms with E-state index in [2.05, 4.69) is 29.6 Å². The highest BCUT2D eigenvalue weighted by molar-refractivity contribution is 7.99. The number of carboxylic acids is 1. The van der Waals surface area contributed by atoms with Crippen molar-refractivity contribution >= 4 is 17.7 Å². The Morgan fingerprint density at radius 2 is 2.16 bits per heavy atom. The molecule has 1 aromatic rings. The van der Waals surface area contributed by atoms with Gasteiger partial charge >= 0.3 is 5.97 Å². The predicted octanol–water partition coefficient (Wildman–Crippen LogP) is 3.90. The lowest BCUT2D eigenvalue weighted by Gasteiger charge is -2.19. The molecule has 108 valence electrons. The molecular weight excluding hydrogens is 260 g/mol. The van der Waals surface area contributed by atoms with Gasteiger partial charge in [0.15, 0.2) is 5.16 Å². The van der Waals surface area contributed by atoms with Crippen LogP contribution in [0, 0.1) is 6.92 Å². The van der Waals surface area contributed by atoms with Crippen LogP contribution in [0.1, 0.15) is 57.7 Å². The standard InChI is InChI=1S/C14H24N2O2S/c1-4-6-8-12(7-5-2)16-9-11(3)15-14(16)19-10-13(17)18/h9,12H,4-8,10H2,1-3H3,(H,17,18). The Morgan fingerprint density at radius 3 is 2.74 bits per heavy atom. The monoisotopic (exact) mass is 284 g/mol. The largest absolute Gasteiger partial charge is 0.481 e. The van der Waals surface area contributed by atoms with Crippen molar-refractivity contribution in [1.82, 2.24) is 9.55 Å². The van der Waals surface area contributed by atoms with Gasteiger partial charge in [-0.2, -0.15) is 0 Å². The normalized spacial score (nSPS) is 12.6. The molecule has 0 fully saturated rings. The van der Waals surface area contributed by atoms with Crippen LogP contribution >= 0.6 is 11.8 Å². The highest BCUT2D eigenvalue weighted by atomic mass is 32.2. The number of carbonyl (C=O) groups is 1. The minimum Gasteiger partial charge on any atom is -0.481 e. The van der Waals surface area contributed by atoms with E-state index in [9.17, 15) is 4.79 Å². The fourth-order valence-corrected chi connectivity index (χ4v) is 3.00. The van der Waals surface area contributed by atoms with Crippen LogP contribution in [0.4, 0.5) is 0 Å². The Kier molecular flexibility index (Phi) is 6.99. The summed E-state index contributed by atoms with van der Waals surface area (Å²) < 4.78 is 2.18. The Hall–Kier alpha value is -0.970. The van der Waals surface area contributed by atoms with E-state index in [0.29, 0.717) is 6.04 Å². The molecule has 4 nitrogen and oxygen atoms in total. The van der Waals surface area contributed by atoms with Crippen LogP contribution in [0.3, 0.4) is 0 Å². The first kappa shape index (κ1) is 16.1. The van der Waals surface area contributed by atoms with Crippen molar-refractivity contribution in [2.45, 2.75) is 64.1 Å². The van der Waals surface area contributed by atoms with Gasteiger partial charge in [0.1, 0.15) is 0 Å². The van der Waals surface area contributed by atoms with Crippen LogP contribution < -0.4 is 0 Å². The number of hydrogen-bond donors (Lipinski definition) is 1.